The zero-order valence-corrected chi connectivity index (χ0v) is 11.9. The number of phenolic OH excluding ortho intramolecular Hbond substituents is 1. The number of hydrogen-bond donors (Lipinski definition) is 3. The molecule has 120 valence electrons. The highest BCUT2D eigenvalue weighted by molar-refractivity contribution is 5.41. The maximum atomic E-state index is 12.2. The molecule has 1 rings (SSSR count). The first kappa shape index (κ1) is 17.6. The fourth-order valence-corrected chi connectivity index (χ4v) is 1.89. The lowest BCUT2D eigenvalue weighted by molar-refractivity contribution is -0.274. The summed E-state index contributed by atoms with van der Waals surface area (Å²) in [7, 11) is 0. The van der Waals surface area contributed by atoms with Gasteiger partial charge in [0.15, 0.2) is 0 Å². The maximum absolute atomic E-state index is 12.2. The van der Waals surface area contributed by atoms with Crippen molar-refractivity contribution in [2.24, 2.45) is 11.7 Å². The van der Waals surface area contributed by atoms with Gasteiger partial charge >= 0.3 is 6.36 Å². The van der Waals surface area contributed by atoms with Crippen molar-refractivity contribution in [1.29, 1.82) is 0 Å². The molecule has 0 aromatic heterocycles. The van der Waals surface area contributed by atoms with E-state index < -0.39 is 24.3 Å². The average Bonchev–Trinajstić information content (AvgIpc) is 2.35. The number of aliphatic hydroxyl groups is 1. The fourth-order valence-electron chi connectivity index (χ4n) is 1.89. The number of hydrogen-bond acceptors (Lipinski definition) is 4. The first-order chi connectivity index (χ1) is 9.60. The number of alkyl halides is 3. The van der Waals surface area contributed by atoms with E-state index in [2.05, 4.69) is 4.74 Å². The molecule has 4 nitrogen and oxygen atoms in total. The summed E-state index contributed by atoms with van der Waals surface area (Å²) in [6, 6.07) is 2.05. The minimum atomic E-state index is -4.82. The van der Waals surface area contributed by atoms with Crippen LogP contribution in [-0.4, -0.2) is 22.7 Å². The van der Waals surface area contributed by atoms with Crippen molar-refractivity contribution in [3.8, 4) is 11.5 Å². The highest BCUT2D eigenvalue weighted by Gasteiger charge is 2.31. The van der Waals surface area contributed by atoms with Gasteiger partial charge in [-0.15, -0.1) is 13.2 Å². The second-order valence-electron chi connectivity index (χ2n) is 5.33. The van der Waals surface area contributed by atoms with Gasteiger partial charge in [-0.2, -0.15) is 0 Å². The van der Waals surface area contributed by atoms with Crippen LogP contribution in [0.1, 0.15) is 38.3 Å². The predicted molar refractivity (Wildman–Crippen MR) is 71.8 cm³/mol. The van der Waals surface area contributed by atoms with Crippen LogP contribution >= 0.6 is 0 Å². The third kappa shape index (κ3) is 5.81. The zero-order valence-electron chi connectivity index (χ0n) is 11.9. The van der Waals surface area contributed by atoms with Crippen molar-refractivity contribution in [3.63, 3.8) is 0 Å². The SMILES string of the molecule is CC(C)CC[C@@H](O)[C@@H](N)c1cc(OC(F)(F)F)ccc1O. The molecule has 0 aliphatic heterocycles. The lowest BCUT2D eigenvalue weighted by atomic mass is 9.95. The number of halogens is 3. The van der Waals surface area contributed by atoms with E-state index >= 15 is 0 Å². The predicted octanol–water partition coefficient (Wildman–Crippen LogP) is 3.09. The topological polar surface area (TPSA) is 75.7 Å². The Morgan fingerprint density at radius 3 is 2.38 bits per heavy atom. The molecule has 7 heteroatoms. The molecule has 0 aliphatic carbocycles. The number of nitrogens with two attached hydrogens (primary N) is 1. The van der Waals surface area contributed by atoms with E-state index in [1.807, 2.05) is 13.8 Å². The first-order valence-electron chi connectivity index (χ1n) is 6.62. The molecule has 1 aromatic rings. The van der Waals surface area contributed by atoms with Crippen LogP contribution in [0.4, 0.5) is 13.2 Å². The van der Waals surface area contributed by atoms with Gasteiger partial charge < -0.3 is 20.7 Å². The second kappa shape index (κ2) is 7.00. The lowest BCUT2D eigenvalue weighted by Crippen LogP contribution is -2.27. The van der Waals surface area contributed by atoms with Crippen LogP contribution in [0, 0.1) is 5.92 Å². The highest BCUT2D eigenvalue weighted by atomic mass is 19.4. The molecular formula is C14H20F3NO3. The molecule has 0 amide bonds. The van der Waals surface area contributed by atoms with E-state index in [1.54, 1.807) is 0 Å². The third-order valence-electron chi connectivity index (χ3n) is 3.05. The summed E-state index contributed by atoms with van der Waals surface area (Å²) < 4.78 is 40.3. The molecule has 0 saturated carbocycles. The largest absolute Gasteiger partial charge is 0.573 e. The first-order valence-corrected chi connectivity index (χ1v) is 6.62. The zero-order chi connectivity index (χ0) is 16.2. The number of aromatic hydroxyl groups is 1. The average molecular weight is 307 g/mol. The van der Waals surface area contributed by atoms with Crippen LogP contribution in [0.25, 0.3) is 0 Å². The number of benzene rings is 1. The van der Waals surface area contributed by atoms with E-state index in [0.717, 1.165) is 18.2 Å². The highest BCUT2D eigenvalue weighted by Crippen LogP contribution is 2.32. The Labute approximate surface area is 121 Å². The molecule has 0 spiro atoms. The van der Waals surface area contributed by atoms with Crippen LogP contribution in [-0.2, 0) is 0 Å². The van der Waals surface area contributed by atoms with Gasteiger partial charge in [-0.1, -0.05) is 13.8 Å². The molecule has 0 heterocycles. The summed E-state index contributed by atoms with van der Waals surface area (Å²) in [5.41, 5.74) is 5.83. The van der Waals surface area contributed by atoms with Gasteiger partial charge in [0.25, 0.3) is 0 Å². The van der Waals surface area contributed by atoms with Gasteiger partial charge in [-0.3, -0.25) is 0 Å². The second-order valence-corrected chi connectivity index (χ2v) is 5.33. The Hall–Kier alpha value is -1.47. The number of ether oxygens (including phenoxy) is 1. The van der Waals surface area contributed by atoms with Crippen LogP contribution in [0.15, 0.2) is 18.2 Å². The summed E-state index contributed by atoms with van der Waals surface area (Å²) in [4.78, 5) is 0. The van der Waals surface area contributed by atoms with E-state index in [0.29, 0.717) is 18.8 Å². The normalized spacial score (nSPS) is 15.0. The molecule has 21 heavy (non-hydrogen) atoms. The van der Waals surface area contributed by atoms with Crippen molar-refractivity contribution < 1.29 is 28.1 Å². The van der Waals surface area contributed by atoms with E-state index in [9.17, 15) is 23.4 Å². The van der Waals surface area contributed by atoms with Crippen molar-refractivity contribution in [1.82, 2.24) is 0 Å². The summed E-state index contributed by atoms with van der Waals surface area (Å²) >= 11 is 0. The van der Waals surface area contributed by atoms with Crippen molar-refractivity contribution in [2.75, 3.05) is 0 Å². The van der Waals surface area contributed by atoms with Crippen LogP contribution < -0.4 is 10.5 Å². The van der Waals surface area contributed by atoms with Crippen molar-refractivity contribution >= 4 is 0 Å². The van der Waals surface area contributed by atoms with E-state index in [4.69, 9.17) is 5.73 Å². The summed E-state index contributed by atoms with van der Waals surface area (Å²) in [6.45, 7) is 3.96. The Morgan fingerprint density at radius 2 is 1.86 bits per heavy atom. The van der Waals surface area contributed by atoms with Crippen molar-refractivity contribution in [2.45, 2.75) is 45.2 Å². The van der Waals surface area contributed by atoms with Gasteiger partial charge in [0.1, 0.15) is 11.5 Å². The van der Waals surface area contributed by atoms with Gasteiger partial charge in [0.2, 0.25) is 0 Å². The molecule has 0 aliphatic rings. The maximum Gasteiger partial charge on any atom is 0.573 e. The van der Waals surface area contributed by atoms with Crippen LogP contribution in [0.5, 0.6) is 11.5 Å². The summed E-state index contributed by atoms with van der Waals surface area (Å²) in [6.07, 6.45) is -4.68. The van der Waals surface area contributed by atoms with Gasteiger partial charge in [0.05, 0.1) is 12.1 Å². The molecule has 0 fully saturated rings. The van der Waals surface area contributed by atoms with Crippen LogP contribution in [0.3, 0.4) is 0 Å². The molecule has 0 unspecified atom stereocenters. The van der Waals surface area contributed by atoms with Gasteiger partial charge in [-0.05, 0) is 37.0 Å². The Kier molecular flexibility index (Phi) is 5.86. The molecule has 4 N–H and O–H groups in total. The minimum Gasteiger partial charge on any atom is -0.508 e. The molecule has 2 atom stereocenters. The molecule has 0 radical (unpaired) electrons. The monoisotopic (exact) mass is 307 g/mol. The standard InChI is InChI=1S/C14H20F3NO3/c1-8(2)3-5-12(20)13(18)10-7-9(4-6-11(10)19)21-14(15,16)17/h4,6-8,12-13,19-20H,3,5,18H2,1-2H3/t12-,13+/m1/s1. The van der Waals surface area contributed by atoms with Crippen molar-refractivity contribution in [3.05, 3.63) is 23.8 Å². The van der Waals surface area contributed by atoms with Gasteiger partial charge in [-0.25, -0.2) is 0 Å². The fraction of sp³-hybridized carbons (Fsp3) is 0.571. The number of aliphatic hydroxyl groups excluding tert-OH is 1. The smallest absolute Gasteiger partial charge is 0.508 e. The quantitative estimate of drug-likeness (QED) is 0.755. The number of rotatable bonds is 6. The Bertz CT molecular complexity index is 463. The summed E-state index contributed by atoms with van der Waals surface area (Å²) in [5.74, 6) is -0.400. The van der Waals surface area contributed by atoms with Crippen LogP contribution in [0.2, 0.25) is 0 Å². The molecular weight excluding hydrogens is 287 g/mol. The number of phenols is 1. The lowest BCUT2D eigenvalue weighted by Gasteiger charge is -2.21. The minimum absolute atomic E-state index is 0.0213. The van der Waals surface area contributed by atoms with Gasteiger partial charge in [0, 0.05) is 5.56 Å². The molecule has 1 aromatic carbocycles. The summed E-state index contributed by atoms with van der Waals surface area (Å²) in [5, 5.41) is 19.7. The molecule has 0 bridgehead atoms. The Balaban J connectivity index is 2.87. The Morgan fingerprint density at radius 1 is 1.24 bits per heavy atom. The van der Waals surface area contributed by atoms with E-state index in [-0.39, 0.29) is 11.3 Å². The van der Waals surface area contributed by atoms with E-state index in [1.165, 1.54) is 0 Å². The molecule has 0 saturated heterocycles. The third-order valence-corrected chi connectivity index (χ3v) is 3.05.